The van der Waals surface area contributed by atoms with Crippen LogP contribution in [0.5, 0.6) is 0 Å². The second-order valence-corrected chi connectivity index (χ2v) is 5.35. The van der Waals surface area contributed by atoms with E-state index in [-0.39, 0.29) is 6.04 Å². The van der Waals surface area contributed by atoms with E-state index in [1.54, 1.807) is 6.33 Å². The Labute approximate surface area is 123 Å². The Hall–Kier alpha value is -2.40. The molecule has 1 atom stereocenters. The van der Waals surface area contributed by atoms with Gasteiger partial charge >= 0.3 is 0 Å². The number of rotatable bonds is 3. The van der Waals surface area contributed by atoms with Crippen molar-refractivity contribution < 1.29 is 0 Å². The van der Waals surface area contributed by atoms with Crippen LogP contribution in [0.2, 0.25) is 0 Å². The summed E-state index contributed by atoms with van der Waals surface area (Å²) in [5.74, 6) is 0. The number of hydrogen-bond donors (Lipinski definition) is 2. The zero-order valence-corrected chi connectivity index (χ0v) is 11.7. The van der Waals surface area contributed by atoms with Gasteiger partial charge < -0.3 is 10.3 Å². The summed E-state index contributed by atoms with van der Waals surface area (Å²) in [5.41, 5.74) is 4.88. The molecule has 0 saturated heterocycles. The lowest BCUT2D eigenvalue weighted by Crippen LogP contribution is -2.30. The SMILES string of the molecule is c1cc(Cn2cccn2)cc([C@H]2NCCc3[nH]cnc32)c1. The Morgan fingerprint density at radius 1 is 1.29 bits per heavy atom. The third-order valence-electron chi connectivity index (χ3n) is 3.94. The van der Waals surface area contributed by atoms with Gasteiger partial charge in [-0.05, 0) is 17.2 Å². The van der Waals surface area contributed by atoms with E-state index in [4.69, 9.17) is 0 Å². The largest absolute Gasteiger partial charge is 0.348 e. The maximum Gasteiger partial charge on any atom is 0.0926 e. The topological polar surface area (TPSA) is 58.5 Å². The van der Waals surface area contributed by atoms with Gasteiger partial charge in [0.05, 0.1) is 24.6 Å². The molecule has 0 spiro atoms. The summed E-state index contributed by atoms with van der Waals surface area (Å²) in [4.78, 5) is 7.73. The lowest BCUT2D eigenvalue weighted by Gasteiger charge is -2.23. The highest BCUT2D eigenvalue weighted by Crippen LogP contribution is 2.26. The van der Waals surface area contributed by atoms with Crippen LogP contribution in [0.3, 0.4) is 0 Å². The number of nitrogens with zero attached hydrogens (tertiary/aromatic N) is 3. The van der Waals surface area contributed by atoms with Crippen LogP contribution in [0.4, 0.5) is 0 Å². The van der Waals surface area contributed by atoms with Gasteiger partial charge in [-0.2, -0.15) is 5.10 Å². The Kier molecular flexibility index (Phi) is 3.05. The van der Waals surface area contributed by atoms with E-state index < -0.39 is 0 Å². The first kappa shape index (κ1) is 12.3. The predicted octanol–water partition coefficient (Wildman–Crippen LogP) is 1.89. The molecule has 0 radical (unpaired) electrons. The maximum absolute atomic E-state index is 4.48. The Balaban J connectivity index is 1.65. The van der Waals surface area contributed by atoms with Crippen LogP contribution in [-0.4, -0.2) is 26.3 Å². The normalized spacial score (nSPS) is 17.6. The Bertz CT molecular complexity index is 729. The van der Waals surface area contributed by atoms with Crippen molar-refractivity contribution in [1.29, 1.82) is 0 Å². The Morgan fingerprint density at radius 3 is 3.19 bits per heavy atom. The summed E-state index contributed by atoms with van der Waals surface area (Å²) in [6.07, 6.45) is 6.59. The van der Waals surface area contributed by atoms with Crippen LogP contribution < -0.4 is 5.32 Å². The third-order valence-corrected chi connectivity index (χ3v) is 3.94. The molecule has 4 rings (SSSR count). The smallest absolute Gasteiger partial charge is 0.0926 e. The van der Waals surface area contributed by atoms with Crippen molar-refractivity contribution in [3.8, 4) is 0 Å². The van der Waals surface area contributed by atoms with E-state index >= 15 is 0 Å². The number of aromatic amines is 1. The van der Waals surface area contributed by atoms with E-state index in [9.17, 15) is 0 Å². The monoisotopic (exact) mass is 279 g/mol. The molecule has 2 N–H and O–H groups in total. The van der Waals surface area contributed by atoms with E-state index in [1.807, 2.05) is 23.1 Å². The van der Waals surface area contributed by atoms with Crippen molar-refractivity contribution in [2.24, 2.45) is 0 Å². The van der Waals surface area contributed by atoms with Crippen molar-refractivity contribution >= 4 is 0 Å². The van der Waals surface area contributed by atoms with Crippen molar-refractivity contribution in [1.82, 2.24) is 25.1 Å². The van der Waals surface area contributed by atoms with Gasteiger partial charge in [-0.25, -0.2) is 4.98 Å². The summed E-state index contributed by atoms with van der Waals surface area (Å²) in [5, 5.41) is 7.82. The molecule has 2 aromatic heterocycles. The van der Waals surface area contributed by atoms with E-state index in [1.165, 1.54) is 16.8 Å². The fraction of sp³-hybridized carbons (Fsp3) is 0.250. The van der Waals surface area contributed by atoms with Crippen LogP contribution in [0, 0.1) is 0 Å². The lowest BCUT2D eigenvalue weighted by atomic mass is 9.96. The van der Waals surface area contributed by atoms with E-state index in [0.29, 0.717) is 0 Å². The summed E-state index contributed by atoms with van der Waals surface area (Å²) < 4.78 is 1.94. The van der Waals surface area contributed by atoms with Gasteiger partial charge in [0.1, 0.15) is 0 Å². The first-order valence-corrected chi connectivity index (χ1v) is 7.22. The number of aromatic nitrogens is 4. The van der Waals surface area contributed by atoms with Gasteiger partial charge in [0.15, 0.2) is 0 Å². The second kappa shape index (κ2) is 5.18. The zero-order chi connectivity index (χ0) is 14.1. The molecule has 0 amide bonds. The molecule has 0 aliphatic carbocycles. The van der Waals surface area contributed by atoms with E-state index in [2.05, 4.69) is 44.6 Å². The highest BCUT2D eigenvalue weighted by atomic mass is 15.3. The minimum absolute atomic E-state index is 0.178. The standard InChI is InChI=1S/C16H17N5/c1-3-12(10-21-8-2-6-20-21)9-13(4-1)15-16-14(5-7-17-15)18-11-19-16/h1-4,6,8-9,11,15,17H,5,7,10H2,(H,18,19)/t15-/m1/s1. The molecule has 0 saturated carbocycles. The molecule has 3 heterocycles. The number of hydrogen-bond acceptors (Lipinski definition) is 3. The second-order valence-electron chi connectivity index (χ2n) is 5.35. The molecular formula is C16H17N5. The van der Waals surface area contributed by atoms with Crippen LogP contribution in [0.15, 0.2) is 49.1 Å². The minimum atomic E-state index is 0.178. The van der Waals surface area contributed by atoms with Crippen molar-refractivity contribution in [3.05, 3.63) is 71.6 Å². The fourth-order valence-corrected chi connectivity index (χ4v) is 2.95. The molecule has 5 heteroatoms. The van der Waals surface area contributed by atoms with Gasteiger partial charge in [0, 0.05) is 31.1 Å². The molecule has 0 unspecified atom stereocenters. The first-order chi connectivity index (χ1) is 10.4. The van der Waals surface area contributed by atoms with Gasteiger partial charge in [0.25, 0.3) is 0 Å². The highest BCUT2D eigenvalue weighted by Gasteiger charge is 2.23. The molecule has 5 nitrogen and oxygen atoms in total. The molecule has 1 aliphatic heterocycles. The van der Waals surface area contributed by atoms with Gasteiger partial charge in [-0.3, -0.25) is 4.68 Å². The van der Waals surface area contributed by atoms with Crippen LogP contribution in [0.1, 0.15) is 28.6 Å². The van der Waals surface area contributed by atoms with Crippen LogP contribution in [0.25, 0.3) is 0 Å². The number of fused-ring (bicyclic) bond motifs is 1. The molecule has 1 aliphatic rings. The average molecular weight is 279 g/mol. The molecule has 106 valence electrons. The van der Waals surface area contributed by atoms with E-state index in [0.717, 1.165) is 25.2 Å². The number of nitrogens with one attached hydrogen (secondary N) is 2. The minimum Gasteiger partial charge on any atom is -0.348 e. The molecule has 3 aromatic rings. The first-order valence-electron chi connectivity index (χ1n) is 7.22. The van der Waals surface area contributed by atoms with Crippen molar-refractivity contribution in [2.75, 3.05) is 6.54 Å². The summed E-state index contributed by atoms with van der Waals surface area (Å²) in [6, 6.07) is 10.8. The Morgan fingerprint density at radius 2 is 2.29 bits per heavy atom. The quantitative estimate of drug-likeness (QED) is 0.769. The van der Waals surface area contributed by atoms with Crippen LogP contribution in [-0.2, 0) is 13.0 Å². The average Bonchev–Trinajstić information content (AvgIpc) is 3.18. The molecule has 1 aromatic carbocycles. The van der Waals surface area contributed by atoms with Gasteiger partial charge in [-0.15, -0.1) is 0 Å². The molecule has 0 fully saturated rings. The van der Waals surface area contributed by atoms with Crippen LogP contribution >= 0.6 is 0 Å². The summed E-state index contributed by atoms with van der Waals surface area (Å²) >= 11 is 0. The zero-order valence-electron chi connectivity index (χ0n) is 11.7. The third kappa shape index (κ3) is 2.36. The number of imidazole rings is 1. The lowest BCUT2D eigenvalue weighted by molar-refractivity contribution is 0.552. The van der Waals surface area contributed by atoms with Gasteiger partial charge in [0.2, 0.25) is 0 Å². The summed E-state index contributed by atoms with van der Waals surface area (Å²) in [6.45, 7) is 1.77. The molecular weight excluding hydrogens is 262 g/mol. The predicted molar refractivity (Wildman–Crippen MR) is 79.9 cm³/mol. The van der Waals surface area contributed by atoms with Crippen molar-refractivity contribution in [3.63, 3.8) is 0 Å². The number of H-pyrrole nitrogens is 1. The molecule has 21 heavy (non-hydrogen) atoms. The fourth-order valence-electron chi connectivity index (χ4n) is 2.95. The summed E-state index contributed by atoms with van der Waals surface area (Å²) in [7, 11) is 0. The van der Waals surface area contributed by atoms with Crippen molar-refractivity contribution in [2.45, 2.75) is 19.0 Å². The number of benzene rings is 1. The maximum atomic E-state index is 4.48. The van der Waals surface area contributed by atoms with Gasteiger partial charge in [-0.1, -0.05) is 24.3 Å². The molecule has 0 bridgehead atoms. The highest BCUT2D eigenvalue weighted by molar-refractivity contribution is 5.34.